The van der Waals surface area contributed by atoms with Crippen molar-refractivity contribution in [2.24, 2.45) is 0 Å². The Labute approximate surface area is 101 Å². The van der Waals surface area contributed by atoms with E-state index in [-0.39, 0.29) is 0 Å². The molecule has 2 heteroatoms. The van der Waals surface area contributed by atoms with Gasteiger partial charge in [-0.1, -0.05) is 47.8 Å². The molecule has 0 aliphatic rings. The van der Waals surface area contributed by atoms with Crippen LogP contribution in [0.5, 0.6) is 0 Å². The number of ether oxygens (including phenoxy) is 1. The van der Waals surface area contributed by atoms with Gasteiger partial charge in [-0.3, -0.25) is 0 Å². The first kappa shape index (κ1) is 12.7. The molecule has 0 heterocycles. The van der Waals surface area contributed by atoms with Crippen LogP contribution < -0.4 is 0 Å². The second kappa shape index (κ2) is 7.89. The first-order valence-corrected chi connectivity index (χ1v) is 6.44. The van der Waals surface area contributed by atoms with E-state index in [0.29, 0.717) is 0 Å². The van der Waals surface area contributed by atoms with Crippen molar-refractivity contribution in [3.8, 4) is 0 Å². The molecule has 0 amide bonds. The summed E-state index contributed by atoms with van der Waals surface area (Å²) in [6.07, 6.45) is 4.74. The molecule has 0 N–H and O–H groups in total. The quantitative estimate of drug-likeness (QED) is 0.675. The number of unbranched alkanes of at least 4 members (excludes halogenated alkanes) is 2. The van der Waals surface area contributed by atoms with Gasteiger partial charge in [0.1, 0.15) is 0 Å². The Morgan fingerprint density at radius 2 is 1.80 bits per heavy atom. The summed E-state index contributed by atoms with van der Waals surface area (Å²) in [6, 6.07) is 8.43. The second-order valence-electron chi connectivity index (χ2n) is 3.70. The zero-order valence-corrected chi connectivity index (χ0v) is 10.9. The molecule has 1 rings (SSSR count). The fraction of sp³-hybridized carbons (Fsp3) is 0.538. The molecule has 0 saturated carbocycles. The minimum absolute atomic E-state index is 0.839. The molecule has 0 saturated heterocycles. The lowest BCUT2D eigenvalue weighted by Crippen LogP contribution is -2.00. The SMILES string of the molecule is CCCCCOCCc1ccc(Br)cc1. The number of hydrogen-bond acceptors (Lipinski definition) is 1. The van der Waals surface area contributed by atoms with Gasteiger partial charge in [0, 0.05) is 11.1 Å². The topological polar surface area (TPSA) is 9.23 Å². The molecule has 15 heavy (non-hydrogen) atoms. The molecule has 0 aliphatic carbocycles. The zero-order valence-electron chi connectivity index (χ0n) is 9.34. The molecule has 1 nitrogen and oxygen atoms in total. The molecule has 0 aromatic heterocycles. The van der Waals surface area contributed by atoms with Crippen LogP contribution in [-0.2, 0) is 11.2 Å². The van der Waals surface area contributed by atoms with Crippen molar-refractivity contribution in [2.45, 2.75) is 32.6 Å². The number of halogens is 1. The minimum atomic E-state index is 0.839. The third-order valence-corrected chi connectivity index (χ3v) is 2.87. The van der Waals surface area contributed by atoms with Crippen molar-refractivity contribution < 1.29 is 4.74 Å². The van der Waals surface area contributed by atoms with Crippen LogP contribution in [0.3, 0.4) is 0 Å². The van der Waals surface area contributed by atoms with E-state index >= 15 is 0 Å². The summed E-state index contributed by atoms with van der Waals surface area (Å²) in [7, 11) is 0. The molecule has 0 spiro atoms. The molecule has 0 bridgehead atoms. The van der Waals surface area contributed by atoms with E-state index in [0.717, 1.165) is 24.1 Å². The highest BCUT2D eigenvalue weighted by atomic mass is 79.9. The van der Waals surface area contributed by atoms with Crippen LogP contribution in [0.2, 0.25) is 0 Å². The lowest BCUT2D eigenvalue weighted by Gasteiger charge is -2.04. The van der Waals surface area contributed by atoms with Gasteiger partial charge in [0.2, 0.25) is 0 Å². The molecular weight excluding hydrogens is 252 g/mol. The lowest BCUT2D eigenvalue weighted by molar-refractivity contribution is 0.133. The predicted octanol–water partition coefficient (Wildman–Crippen LogP) is 4.20. The van der Waals surface area contributed by atoms with Crippen LogP contribution in [0.1, 0.15) is 31.7 Å². The Balaban J connectivity index is 2.07. The molecule has 1 aromatic rings. The van der Waals surface area contributed by atoms with Crippen molar-refractivity contribution in [1.82, 2.24) is 0 Å². The maximum Gasteiger partial charge on any atom is 0.0506 e. The van der Waals surface area contributed by atoms with E-state index < -0.39 is 0 Å². The van der Waals surface area contributed by atoms with Crippen molar-refractivity contribution in [3.05, 3.63) is 34.3 Å². The fourth-order valence-electron chi connectivity index (χ4n) is 1.40. The highest BCUT2D eigenvalue weighted by Gasteiger charge is 1.93. The van der Waals surface area contributed by atoms with Gasteiger partial charge in [-0.15, -0.1) is 0 Å². The molecule has 0 unspecified atom stereocenters. The van der Waals surface area contributed by atoms with Gasteiger partial charge in [-0.2, -0.15) is 0 Å². The summed E-state index contributed by atoms with van der Waals surface area (Å²) in [4.78, 5) is 0. The van der Waals surface area contributed by atoms with Crippen LogP contribution in [0.15, 0.2) is 28.7 Å². The molecule has 0 atom stereocenters. The smallest absolute Gasteiger partial charge is 0.0506 e. The summed E-state index contributed by atoms with van der Waals surface area (Å²) in [5.41, 5.74) is 1.34. The van der Waals surface area contributed by atoms with Gasteiger partial charge >= 0.3 is 0 Å². The fourth-order valence-corrected chi connectivity index (χ4v) is 1.66. The summed E-state index contributed by atoms with van der Waals surface area (Å²) in [6.45, 7) is 3.96. The third-order valence-electron chi connectivity index (χ3n) is 2.34. The molecule has 0 radical (unpaired) electrons. The third kappa shape index (κ3) is 5.95. The number of hydrogen-bond donors (Lipinski definition) is 0. The van der Waals surface area contributed by atoms with E-state index in [4.69, 9.17) is 4.74 Å². The van der Waals surface area contributed by atoms with Crippen molar-refractivity contribution in [3.63, 3.8) is 0 Å². The van der Waals surface area contributed by atoms with Crippen molar-refractivity contribution in [1.29, 1.82) is 0 Å². The average molecular weight is 271 g/mol. The second-order valence-corrected chi connectivity index (χ2v) is 4.61. The Morgan fingerprint density at radius 3 is 2.47 bits per heavy atom. The first-order valence-electron chi connectivity index (χ1n) is 5.65. The highest BCUT2D eigenvalue weighted by Crippen LogP contribution is 2.10. The van der Waals surface area contributed by atoms with Gasteiger partial charge in [-0.25, -0.2) is 0 Å². The molecule has 0 fully saturated rings. The van der Waals surface area contributed by atoms with Gasteiger partial charge in [0.05, 0.1) is 6.61 Å². The van der Waals surface area contributed by atoms with E-state index in [1.807, 2.05) is 0 Å². The van der Waals surface area contributed by atoms with Crippen molar-refractivity contribution >= 4 is 15.9 Å². The van der Waals surface area contributed by atoms with Crippen molar-refractivity contribution in [2.75, 3.05) is 13.2 Å². The van der Waals surface area contributed by atoms with Gasteiger partial charge in [-0.05, 0) is 30.5 Å². The highest BCUT2D eigenvalue weighted by molar-refractivity contribution is 9.10. The van der Waals surface area contributed by atoms with Gasteiger partial charge < -0.3 is 4.74 Å². The van der Waals surface area contributed by atoms with Crippen LogP contribution in [0, 0.1) is 0 Å². The molecule has 1 aromatic carbocycles. The van der Waals surface area contributed by atoms with E-state index in [1.165, 1.54) is 24.8 Å². The average Bonchev–Trinajstić information content (AvgIpc) is 2.26. The Bertz CT molecular complexity index is 256. The van der Waals surface area contributed by atoms with E-state index in [9.17, 15) is 0 Å². The van der Waals surface area contributed by atoms with Crippen LogP contribution in [-0.4, -0.2) is 13.2 Å². The Kier molecular flexibility index (Phi) is 6.69. The molecule has 84 valence electrons. The minimum Gasteiger partial charge on any atom is -0.381 e. The van der Waals surface area contributed by atoms with Crippen LogP contribution in [0.4, 0.5) is 0 Å². The normalized spacial score (nSPS) is 10.5. The largest absolute Gasteiger partial charge is 0.381 e. The van der Waals surface area contributed by atoms with Gasteiger partial charge in [0.25, 0.3) is 0 Å². The standard InChI is InChI=1S/C13H19BrO/c1-2-3-4-10-15-11-9-12-5-7-13(14)8-6-12/h5-8H,2-4,9-11H2,1H3. The lowest BCUT2D eigenvalue weighted by atomic mass is 10.2. The van der Waals surface area contributed by atoms with E-state index in [2.05, 4.69) is 47.1 Å². The zero-order chi connectivity index (χ0) is 10.9. The first-order chi connectivity index (χ1) is 7.33. The Morgan fingerprint density at radius 1 is 1.07 bits per heavy atom. The summed E-state index contributed by atoms with van der Waals surface area (Å²) < 4.78 is 6.69. The Hall–Kier alpha value is -0.340. The monoisotopic (exact) mass is 270 g/mol. The van der Waals surface area contributed by atoms with E-state index in [1.54, 1.807) is 0 Å². The summed E-state index contributed by atoms with van der Waals surface area (Å²) in [5, 5.41) is 0. The molecular formula is C13H19BrO. The molecule has 0 aliphatic heterocycles. The maximum absolute atomic E-state index is 5.56. The number of rotatable bonds is 7. The van der Waals surface area contributed by atoms with Gasteiger partial charge in [0.15, 0.2) is 0 Å². The maximum atomic E-state index is 5.56. The van der Waals surface area contributed by atoms with Crippen LogP contribution >= 0.6 is 15.9 Å². The van der Waals surface area contributed by atoms with Crippen LogP contribution in [0.25, 0.3) is 0 Å². The summed E-state index contributed by atoms with van der Waals surface area (Å²) >= 11 is 3.42. The summed E-state index contributed by atoms with van der Waals surface area (Å²) in [5.74, 6) is 0. The number of benzene rings is 1. The predicted molar refractivity (Wildman–Crippen MR) is 68.2 cm³/mol.